The largest absolute Gasteiger partial charge is 0.419 e. The van der Waals surface area contributed by atoms with Crippen LogP contribution in [0.2, 0.25) is 0 Å². The lowest BCUT2D eigenvalue weighted by Crippen LogP contribution is -2.27. The second-order valence-corrected chi connectivity index (χ2v) is 5.72. The zero-order valence-electron chi connectivity index (χ0n) is 12.1. The quantitative estimate of drug-likeness (QED) is 0.607. The Morgan fingerprint density at radius 3 is 2.24 bits per heavy atom. The molecule has 0 saturated heterocycles. The third-order valence-electron chi connectivity index (χ3n) is 4.35. The lowest BCUT2D eigenvalue weighted by molar-refractivity contribution is -0.140. The smallest absolute Gasteiger partial charge is 0.313 e. The van der Waals surface area contributed by atoms with E-state index < -0.39 is 17.6 Å². The van der Waals surface area contributed by atoms with Gasteiger partial charge in [0.05, 0.1) is 5.56 Å². The molecule has 1 atom stereocenters. The van der Waals surface area contributed by atoms with Crippen LogP contribution in [0.15, 0.2) is 18.2 Å². The van der Waals surface area contributed by atoms with Gasteiger partial charge in [0.1, 0.15) is 5.82 Å². The van der Waals surface area contributed by atoms with Gasteiger partial charge < -0.3 is 5.32 Å². The predicted molar refractivity (Wildman–Crippen MR) is 74.4 cm³/mol. The Labute approximate surface area is 122 Å². The average molecular weight is 303 g/mol. The first kappa shape index (κ1) is 16.3. The monoisotopic (exact) mass is 303 g/mol. The second-order valence-electron chi connectivity index (χ2n) is 5.72. The van der Waals surface area contributed by atoms with Gasteiger partial charge in [0.25, 0.3) is 0 Å². The molecule has 0 heterocycles. The molecule has 0 aliphatic heterocycles. The van der Waals surface area contributed by atoms with Gasteiger partial charge in [0.15, 0.2) is 0 Å². The van der Waals surface area contributed by atoms with Crippen LogP contribution in [-0.2, 0) is 6.18 Å². The summed E-state index contributed by atoms with van der Waals surface area (Å²) in [6.45, 7) is 0. The minimum absolute atomic E-state index is 0.138. The molecule has 5 heteroatoms. The molecule has 0 bridgehead atoms. The number of hydrogen-bond acceptors (Lipinski definition) is 1. The Morgan fingerprint density at radius 2 is 1.71 bits per heavy atom. The molecule has 1 aliphatic carbocycles. The van der Waals surface area contributed by atoms with Gasteiger partial charge in [-0.1, -0.05) is 37.8 Å². The first-order chi connectivity index (χ1) is 9.95. The standard InChI is InChI=1S/C16H21F4N/c1-21-15(11-7-4-2-3-5-8-11)12-9-6-10-13(14(12)17)16(18,19)20/h6,9-11,15,21H,2-5,7-8H2,1H3. The number of alkyl halides is 3. The van der Waals surface area contributed by atoms with Crippen LogP contribution in [0.1, 0.15) is 55.7 Å². The van der Waals surface area contributed by atoms with Gasteiger partial charge in [-0.25, -0.2) is 4.39 Å². The van der Waals surface area contributed by atoms with Crippen molar-refractivity contribution in [3.8, 4) is 0 Å². The predicted octanol–water partition coefficient (Wildman–Crippen LogP) is 5.08. The van der Waals surface area contributed by atoms with Crippen LogP contribution < -0.4 is 5.32 Å². The molecule has 21 heavy (non-hydrogen) atoms. The van der Waals surface area contributed by atoms with Gasteiger partial charge in [-0.3, -0.25) is 0 Å². The summed E-state index contributed by atoms with van der Waals surface area (Å²) < 4.78 is 52.8. The summed E-state index contributed by atoms with van der Waals surface area (Å²) in [5.74, 6) is -0.941. The number of benzene rings is 1. The summed E-state index contributed by atoms with van der Waals surface area (Å²) in [5.41, 5.74) is -1.03. The molecular formula is C16H21F4N. The molecule has 1 aromatic rings. The number of halogens is 4. The molecule has 1 fully saturated rings. The SMILES string of the molecule is CNC(c1cccc(C(F)(F)F)c1F)C1CCCCCC1. The van der Waals surface area contributed by atoms with Crippen LogP contribution >= 0.6 is 0 Å². The zero-order valence-corrected chi connectivity index (χ0v) is 12.1. The Morgan fingerprint density at radius 1 is 1.10 bits per heavy atom. The molecule has 0 aromatic heterocycles. The highest BCUT2D eigenvalue weighted by Gasteiger charge is 2.36. The molecule has 1 saturated carbocycles. The van der Waals surface area contributed by atoms with Crippen LogP contribution in [-0.4, -0.2) is 7.05 Å². The molecule has 1 aromatic carbocycles. The fourth-order valence-corrected chi connectivity index (χ4v) is 3.30. The van der Waals surface area contributed by atoms with Crippen LogP contribution in [0, 0.1) is 11.7 Å². The van der Waals surface area contributed by atoms with E-state index in [2.05, 4.69) is 5.32 Å². The highest BCUT2D eigenvalue weighted by atomic mass is 19.4. The minimum Gasteiger partial charge on any atom is -0.313 e. The van der Waals surface area contributed by atoms with E-state index >= 15 is 0 Å². The van der Waals surface area contributed by atoms with Crippen molar-refractivity contribution in [1.29, 1.82) is 0 Å². The van der Waals surface area contributed by atoms with Crippen molar-refractivity contribution in [2.75, 3.05) is 7.05 Å². The van der Waals surface area contributed by atoms with Gasteiger partial charge in [-0.2, -0.15) is 13.2 Å². The first-order valence-corrected chi connectivity index (χ1v) is 7.48. The van der Waals surface area contributed by atoms with Crippen LogP contribution in [0.25, 0.3) is 0 Å². The van der Waals surface area contributed by atoms with Crippen molar-refractivity contribution >= 4 is 0 Å². The van der Waals surface area contributed by atoms with E-state index in [9.17, 15) is 17.6 Å². The molecule has 1 N–H and O–H groups in total. The zero-order chi connectivity index (χ0) is 15.5. The Bertz CT molecular complexity index is 462. The van der Waals surface area contributed by atoms with E-state index in [1.165, 1.54) is 12.1 Å². The molecule has 1 nitrogen and oxygen atoms in total. The maximum atomic E-state index is 14.3. The molecule has 0 radical (unpaired) electrons. The summed E-state index contributed by atoms with van der Waals surface area (Å²) in [5, 5.41) is 3.03. The molecular weight excluding hydrogens is 282 g/mol. The highest BCUT2D eigenvalue weighted by Crippen LogP contribution is 2.38. The number of rotatable bonds is 3. The van der Waals surface area contributed by atoms with Crippen LogP contribution in [0.3, 0.4) is 0 Å². The molecule has 118 valence electrons. The Kier molecular flexibility index (Phi) is 5.25. The van der Waals surface area contributed by atoms with Gasteiger partial charge in [-0.15, -0.1) is 0 Å². The summed E-state index contributed by atoms with van der Waals surface area (Å²) in [7, 11) is 1.69. The maximum absolute atomic E-state index is 14.3. The van der Waals surface area contributed by atoms with E-state index in [0.29, 0.717) is 0 Å². The fourth-order valence-electron chi connectivity index (χ4n) is 3.30. The molecule has 1 unspecified atom stereocenters. The van der Waals surface area contributed by atoms with Gasteiger partial charge in [0.2, 0.25) is 0 Å². The lowest BCUT2D eigenvalue weighted by atomic mass is 9.86. The minimum atomic E-state index is -4.65. The van der Waals surface area contributed by atoms with Crippen LogP contribution in [0.4, 0.5) is 17.6 Å². The number of nitrogens with one attached hydrogen (secondary N) is 1. The highest BCUT2D eigenvalue weighted by molar-refractivity contribution is 5.31. The Balaban J connectivity index is 2.33. The van der Waals surface area contributed by atoms with E-state index in [1.807, 2.05) is 0 Å². The first-order valence-electron chi connectivity index (χ1n) is 7.48. The van der Waals surface area contributed by atoms with Crippen molar-refractivity contribution in [3.63, 3.8) is 0 Å². The summed E-state index contributed by atoms with van der Waals surface area (Å²) in [4.78, 5) is 0. The fraction of sp³-hybridized carbons (Fsp3) is 0.625. The molecule has 0 amide bonds. The topological polar surface area (TPSA) is 12.0 Å². The third kappa shape index (κ3) is 3.76. The van der Waals surface area contributed by atoms with E-state index in [-0.39, 0.29) is 17.5 Å². The van der Waals surface area contributed by atoms with Crippen molar-refractivity contribution in [3.05, 3.63) is 35.1 Å². The lowest BCUT2D eigenvalue weighted by Gasteiger charge is -2.27. The van der Waals surface area contributed by atoms with Crippen molar-refractivity contribution < 1.29 is 17.6 Å². The van der Waals surface area contributed by atoms with E-state index in [0.717, 1.165) is 44.6 Å². The molecule has 0 spiro atoms. The molecule has 2 rings (SSSR count). The van der Waals surface area contributed by atoms with Crippen molar-refractivity contribution in [2.45, 2.75) is 50.7 Å². The van der Waals surface area contributed by atoms with Crippen molar-refractivity contribution in [2.24, 2.45) is 5.92 Å². The summed E-state index contributed by atoms with van der Waals surface area (Å²) in [6.07, 6.45) is 1.63. The summed E-state index contributed by atoms with van der Waals surface area (Å²) in [6, 6.07) is 3.21. The van der Waals surface area contributed by atoms with E-state index in [4.69, 9.17) is 0 Å². The van der Waals surface area contributed by atoms with Crippen LogP contribution in [0.5, 0.6) is 0 Å². The van der Waals surface area contributed by atoms with Crippen molar-refractivity contribution in [1.82, 2.24) is 5.32 Å². The second kappa shape index (κ2) is 6.77. The maximum Gasteiger partial charge on any atom is 0.419 e. The third-order valence-corrected chi connectivity index (χ3v) is 4.35. The Hall–Kier alpha value is -1.10. The molecule has 1 aliphatic rings. The van der Waals surface area contributed by atoms with Gasteiger partial charge >= 0.3 is 6.18 Å². The van der Waals surface area contributed by atoms with Gasteiger partial charge in [-0.05, 0) is 31.9 Å². The number of hydrogen-bond donors (Lipinski definition) is 1. The average Bonchev–Trinajstić information content (AvgIpc) is 2.69. The summed E-state index contributed by atoms with van der Waals surface area (Å²) >= 11 is 0. The van der Waals surface area contributed by atoms with E-state index in [1.54, 1.807) is 7.05 Å². The van der Waals surface area contributed by atoms with Gasteiger partial charge in [0, 0.05) is 11.6 Å². The normalized spacial score (nSPS) is 19.3.